The Kier molecular flexibility index (Phi) is 5.47. The average Bonchev–Trinajstić information content (AvgIpc) is 3.00. The second-order valence-electron chi connectivity index (χ2n) is 6.10. The zero-order chi connectivity index (χ0) is 17.8. The zero-order valence-electron chi connectivity index (χ0n) is 14.2. The standard InChI is InChI=1S/C17H21N3O4S/c1-24-14(22)7-4-8-18-13(21)9-20-10-19-16-15(17(20)23)11-5-2-3-6-12(11)25-16/h10H,2-9H2,1H3,(H,18,21). The summed E-state index contributed by atoms with van der Waals surface area (Å²) in [4.78, 5) is 42.2. The molecule has 0 spiro atoms. The van der Waals surface area contributed by atoms with Crippen LogP contribution in [0.3, 0.4) is 0 Å². The first-order valence-electron chi connectivity index (χ1n) is 8.43. The van der Waals surface area contributed by atoms with Crippen LogP contribution in [-0.2, 0) is 33.7 Å². The van der Waals surface area contributed by atoms with Gasteiger partial charge in [-0.05, 0) is 37.7 Å². The normalized spacial score (nSPS) is 13.5. The Hall–Kier alpha value is -2.22. The van der Waals surface area contributed by atoms with Gasteiger partial charge in [0.05, 0.1) is 18.8 Å². The molecular weight excluding hydrogens is 342 g/mol. The molecule has 1 aliphatic rings. The van der Waals surface area contributed by atoms with Gasteiger partial charge in [0.1, 0.15) is 11.4 Å². The lowest BCUT2D eigenvalue weighted by Crippen LogP contribution is -2.33. The third kappa shape index (κ3) is 3.89. The predicted octanol–water partition coefficient (Wildman–Crippen LogP) is 1.41. The van der Waals surface area contributed by atoms with Crippen molar-refractivity contribution in [3.05, 3.63) is 27.1 Å². The Morgan fingerprint density at radius 1 is 1.36 bits per heavy atom. The number of nitrogens with zero attached hydrogens (tertiary/aromatic N) is 2. The summed E-state index contributed by atoms with van der Waals surface area (Å²) in [6, 6.07) is 0. The quantitative estimate of drug-likeness (QED) is 0.619. The molecule has 0 atom stereocenters. The van der Waals surface area contributed by atoms with E-state index >= 15 is 0 Å². The van der Waals surface area contributed by atoms with Gasteiger partial charge in [0.25, 0.3) is 5.56 Å². The highest BCUT2D eigenvalue weighted by Gasteiger charge is 2.20. The number of methoxy groups -OCH3 is 1. The molecule has 0 saturated carbocycles. The maximum absolute atomic E-state index is 12.7. The Bertz CT molecular complexity index is 855. The Morgan fingerprint density at radius 3 is 2.96 bits per heavy atom. The lowest BCUT2D eigenvalue weighted by atomic mass is 9.97. The molecule has 1 aliphatic carbocycles. The number of thiophene rings is 1. The fourth-order valence-corrected chi connectivity index (χ4v) is 4.29. The second-order valence-corrected chi connectivity index (χ2v) is 7.18. The van der Waals surface area contributed by atoms with E-state index in [9.17, 15) is 14.4 Å². The second kappa shape index (κ2) is 7.77. The van der Waals surface area contributed by atoms with Gasteiger partial charge >= 0.3 is 5.97 Å². The van der Waals surface area contributed by atoms with Gasteiger partial charge in [0.2, 0.25) is 5.91 Å². The largest absolute Gasteiger partial charge is 0.469 e. The van der Waals surface area contributed by atoms with Crippen molar-refractivity contribution in [1.29, 1.82) is 0 Å². The molecule has 0 aliphatic heterocycles. The minimum absolute atomic E-state index is 0.0649. The van der Waals surface area contributed by atoms with Crippen molar-refractivity contribution in [2.45, 2.75) is 45.1 Å². The SMILES string of the molecule is COC(=O)CCCNC(=O)Cn1cnc2sc3c(c2c1=O)CCCC3. The molecule has 0 fully saturated rings. The minimum atomic E-state index is -0.303. The molecule has 0 bridgehead atoms. The van der Waals surface area contributed by atoms with Crippen molar-refractivity contribution in [3.63, 3.8) is 0 Å². The highest BCUT2D eigenvalue weighted by molar-refractivity contribution is 7.18. The van der Waals surface area contributed by atoms with Gasteiger partial charge in [-0.1, -0.05) is 0 Å². The number of carbonyl (C=O) groups excluding carboxylic acids is 2. The van der Waals surface area contributed by atoms with E-state index in [0.29, 0.717) is 18.4 Å². The highest BCUT2D eigenvalue weighted by atomic mass is 32.1. The number of aryl methyl sites for hydroxylation is 2. The van der Waals surface area contributed by atoms with Gasteiger partial charge in [-0.15, -0.1) is 11.3 Å². The lowest BCUT2D eigenvalue weighted by molar-refractivity contribution is -0.140. The predicted molar refractivity (Wildman–Crippen MR) is 94.8 cm³/mol. The Balaban J connectivity index is 1.67. The fraction of sp³-hybridized carbons (Fsp3) is 0.529. The number of fused-ring (bicyclic) bond motifs is 3. The molecule has 8 heteroatoms. The van der Waals surface area contributed by atoms with Crippen molar-refractivity contribution in [1.82, 2.24) is 14.9 Å². The number of carbonyl (C=O) groups is 2. The molecule has 134 valence electrons. The zero-order valence-corrected chi connectivity index (χ0v) is 15.0. The van der Waals surface area contributed by atoms with Gasteiger partial charge in [-0.25, -0.2) is 4.98 Å². The van der Waals surface area contributed by atoms with Crippen LogP contribution in [0.25, 0.3) is 10.2 Å². The summed E-state index contributed by atoms with van der Waals surface area (Å²) < 4.78 is 5.90. The molecule has 0 aromatic carbocycles. The lowest BCUT2D eigenvalue weighted by Gasteiger charge is -2.10. The average molecular weight is 363 g/mol. The maximum atomic E-state index is 12.7. The summed E-state index contributed by atoms with van der Waals surface area (Å²) >= 11 is 1.59. The third-order valence-electron chi connectivity index (χ3n) is 4.36. The van der Waals surface area contributed by atoms with Crippen LogP contribution in [0.2, 0.25) is 0 Å². The van der Waals surface area contributed by atoms with Crippen LogP contribution < -0.4 is 10.9 Å². The van der Waals surface area contributed by atoms with Crippen LogP contribution in [0.15, 0.2) is 11.1 Å². The number of aromatic nitrogens is 2. The molecule has 0 unspecified atom stereocenters. The summed E-state index contributed by atoms with van der Waals surface area (Å²) in [7, 11) is 1.33. The van der Waals surface area contributed by atoms with Crippen LogP contribution in [0.4, 0.5) is 0 Å². The van der Waals surface area contributed by atoms with Crippen molar-refractivity contribution in [2.75, 3.05) is 13.7 Å². The maximum Gasteiger partial charge on any atom is 0.305 e. The van der Waals surface area contributed by atoms with E-state index in [1.165, 1.54) is 22.9 Å². The van der Waals surface area contributed by atoms with E-state index < -0.39 is 0 Å². The molecule has 2 aromatic rings. The first-order valence-corrected chi connectivity index (χ1v) is 9.25. The minimum Gasteiger partial charge on any atom is -0.469 e. The summed E-state index contributed by atoms with van der Waals surface area (Å²) in [6.45, 7) is 0.302. The highest BCUT2D eigenvalue weighted by Crippen LogP contribution is 2.33. The smallest absolute Gasteiger partial charge is 0.305 e. The molecule has 1 amide bonds. The van der Waals surface area contributed by atoms with E-state index in [2.05, 4.69) is 15.0 Å². The first-order chi connectivity index (χ1) is 12.1. The van der Waals surface area contributed by atoms with E-state index in [1.54, 1.807) is 11.3 Å². The van der Waals surface area contributed by atoms with Gasteiger partial charge in [0.15, 0.2) is 0 Å². The fourth-order valence-electron chi connectivity index (χ4n) is 3.07. The van der Waals surface area contributed by atoms with Crippen molar-refractivity contribution >= 4 is 33.4 Å². The Labute approximate surface area is 149 Å². The van der Waals surface area contributed by atoms with E-state index in [0.717, 1.165) is 36.1 Å². The molecule has 25 heavy (non-hydrogen) atoms. The number of nitrogens with one attached hydrogen (secondary N) is 1. The third-order valence-corrected chi connectivity index (χ3v) is 5.56. The molecule has 7 nitrogen and oxygen atoms in total. The topological polar surface area (TPSA) is 90.3 Å². The van der Waals surface area contributed by atoms with Crippen LogP contribution in [0.5, 0.6) is 0 Å². The van der Waals surface area contributed by atoms with Gasteiger partial charge in [-0.2, -0.15) is 0 Å². The van der Waals surface area contributed by atoms with Crippen molar-refractivity contribution < 1.29 is 14.3 Å². The van der Waals surface area contributed by atoms with Gasteiger partial charge < -0.3 is 10.1 Å². The molecule has 3 rings (SSSR count). The first kappa shape index (κ1) is 17.6. The molecule has 0 saturated heterocycles. The van der Waals surface area contributed by atoms with Crippen LogP contribution in [0, 0.1) is 0 Å². The number of ether oxygens (including phenoxy) is 1. The van der Waals surface area contributed by atoms with Gasteiger partial charge in [0, 0.05) is 17.8 Å². The number of hydrogen-bond donors (Lipinski definition) is 1. The molecule has 0 radical (unpaired) electrons. The summed E-state index contributed by atoms with van der Waals surface area (Å²) in [5, 5.41) is 3.39. The van der Waals surface area contributed by atoms with Crippen LogP contribution >= 0.6 is 11.3 Å². The van der Waals surface area contributed by atoms with E-state index in [4.69, 9.17) is 0 Å². The molecule has 2 heterocycles. The molecular formula is C17H21N3O4S. The van der Waals surface area contributed by atoms with Crippen molar-refractivity contribution in [3.8, 4) is 0 Å². The van der Waals surface area contributed by atoms with Crippen LogP contribution in [-0.4, -0.2) is 35.1 Å². The summed E-state index contributed by atoms with van der Waals surface area (Å²) in [6.07, 6.45) is 6.37. The number of amides is 1. The van der Waals surface area contributed by atoms with Gasteiger partial charge in [-0.3, -0.25) is 19.0 Å². The monoisotopic (exact) mass is 363 g/mol. The van der Waals surface area contributed by atoms with E-state index in [1.807, 2.05) is 0 Å². The Morgan fingerprint density at radius 2 is 2.16 bits per heavy atom. The summed E-state index contributed by atoms with van der Waals surface area (Å²) in [5.41, 5.74) is 0.977. The molecule has 1 N–H and O–H groups in total. The van der Waals surface area contributed by atoms with Crippen molar-refractivity contribution in [2.24, 2.45) is 0 Å². The molecule has 2 aromatic heterocycles. The number of rotatable bonds is 6. The van der Waals surface area contributed by atoms with E-state index in [-0.39, 0.29) is 30.4 Å². The number of hydrogen-bond acceptors (Lipinski definition) is 6. The van der Waals surface area contributed by atoms with Crippen LogP contribution in [0.1, 0.15) is 36.1 Å². The number of esters is 1. The summed E-state index contributed by atoms with van der Waals surface area (Å²) in [5.74, 6) is -0.570.